The fourth-order valence-corrected chi connectivity index (χ4v) is 1.97. The van der Waals surface area contributed by atoms with Gasteiger partial charge in [0.15, 0.2) is 0 Å². The van der Waals surface area contributed by atoms with Crippen molar-refractivity contribution in [3.8, 4) is 0 Å². The van der Waals surface area contributed by atoms with E-state index in [2.05, 4.69) is 15.0 Å². The first-order valence-electron chi connectivity index (χ1n) is 6.25. The summed E-state index contributed by atoms with van der Waals surface area (Å²) in [5.41, 5.74) is 1.70. The third kappa shape index (κ3) is 3.50. The number of carbonyl (C=O) groups is 1. The van der Waals surface area contributed by atoms with Gasteiger partial charge in [-0.3, -0.25) is 14.6 Å². The molecule has 104 valence electrons. The van der Waals surface area contributed by atoms with Gasteiger partial charge in [-0.2, -0.15) is 0 Å². The highest BCUT2D eigenvalue weighted by molar-refractivity contribution is 5.67. The SMILES string of the molecule is Cc1nc(Cc2cccnc2)[nH]c(=O)c1CCC(=O)O. The van der Waals surface area contributed by atoms with Crippen molar-refractivity contribution in [2.45, 2.75) is 26.2 Å². The molecule has 0 saturated heterocycles. The van der Waals surface area contributed by atoms with E-state index in [4.69, 9.17) is 5.11 Å². The number of hydrogen-bond donors (Lipinski definition) is 2. The third-order valence-corrected chi connectivity index (χ3v) is 2.95. The highest BCUT2D eigenvalue weighted by Crippen LogP contribution is 2.06. The van der Waals surface area contributed by atoms with Gasteiger partial charge in [-0.1, -0.05) is 6.07 Å². The van der Waals surface area contributed by atoms with Crippen LogP contribution in [0.25, 0.3) is 0 Å². The summed E-state index contributed by atoms with van der Waals surface area (Å²) in [5, 5.41) is 8.67. The van der Waals surface area contributed by atoms with E-state index in [1.807, 2.05) is 12.1 Å². The molecule has 0 bridgehead atoms. The minimum atomic E-state index is -0.928. The Labute approximate surface area is 115 Å². The second kappa shape index (κ2) is 6.10. The molecule has 0 atom stereocenters. The number of H-pyrrole nitrogens is 1. The number of nitrogens with zero attached hydrogens (tertiary/aromatic N) is 2. The zero-order valence-corrected chi connectivity index (χ0v) is 11.1. The zero-order valence-electron chi connectivity index (χ0n) is 11.1. The van der Waals surface area contributed by atoms with Crippen LogP contribution in [0.4, 0.5) is 0 Å². The summed E-state index contributed by atoms with van der Waals surface area (Å²) in [4.78, 5) is 33.6. The maximum absolute atomic E-state index is 12.0. The maximum Gasteiger partial charge on any atom is 0.303 e. The largest absolute Gasteiger partial charge is 0.481 e. The Morgan fingerprint density at radius 3 is 2.85 bits per heavy atom. The first kappa shape index (κ1) is 13.9. The summed E-state index contributed by atoms with van der Waals surface area (Å²) >= 11 is 0. The molecule has 2 rings (SSSR count). The lowest BCUT2D eigenvalue weighted by Gasteiger charge is -2.06. The summed E-state index contributed by atoms with van der Waals surface area (Å²) in [6, 6.07) is 3.72. The number of pyridine rings is 1. The Bertz CT molecular complexity index is 665. The molecule has 0 unspecified atom stereocenters. The minimum Gasteiger partial charge on any atom is -0.481 e. The molecule has 0 aliphatic heterocycles. The van der Waals surface area contributed by atoms with Crippen LogP contribution >= 0.6 is 0 Å². The lowest BCUT2D eigenvalue weighted by molar-refractivity contribution is -0.136. The van der Waals surface area contributed by atoms with Crippen molar-refractivity contribution in [2.24, 2.45) is 0 Å². The van der Waals surface area contributed by atoms with Crippen molar-refractivity contribution in [3.63, 3.8) is 0 Å². The average Bonchev–Trinajstić information content (AvgIpc) is 2.38. The molecule has 0 fully saturated rings. The summed E-state index contributed by atoms with van der Waals surface area (Å²) in [5.74, 6) is -0.372. The van der Waals surface area contributed by atoms with E-state index in [-0.39, 0.29) is 18.4 Å². The minimum absolute atomic E-state index is 0.0758. The topological polar surface area (TPSA) is 95.9 Å². The van der Waals surface area contributed by atoms with Crippen LogP contribution in [0.5, 0.6) is 0 Å². The van der Waals surface area contributed by atoms with E-state index in [9.17, 15) is 9.59 Å². The molecule has 20 heavy (non-hydrogen) atoms. The molecule has 2 aromatic rings. The van der Waals surface area contributed by atoms with E-state index in [0.29, 0.717) is 23.5 Å². The van der Waals surface area contributed by atoms with Crippen molar-refractivity contribution < 1.29 is 9.90 Å². The van der Waals surface area contributed by atoms with Gasteiger partial charge in [0, 0.05) is 36.5 Å². The molecule has 0 amide bonds. The standard InChI is InChI=1S/C14H15N3O3/c1-9-11(4-5-13(18)19)14(20)17-12(16-9)7-10-3-2-6-15-8-10/h2-3,6,8H,4-5,7H2,1H3,(H,18,19)(H,16,17,20). The number of carboxylic acid groups (broad SMARTS) is 1. The Kier molecular flexibility index (Phi) is 4.24. The number of aryl methyl sites for hydroxylation is 1. The quantitative estimate of drug-likeness (QED) is 0.849. The van der Waals surface area contributed by atoms with Gasteiger partial charge in [-0.25, -0.2) is 4.98 Å². The van der Waals surface area contributed by atoms with Gasteiger partial charge in [0.25, 0.3) is 5.56 Å². The molecule has 0 saturated carbocycles. The molecule has 2 heterocycles. The van der Waals surface area contributed by atoms with Crippen molar-refractivity contribution in [3.05, 3.63) is 57.5 Å². The van der Waals surface area contributed by atoms with E-state index < -0.39 is 5.97 Å². The molecule has 0 aliphatic carbocycles. The summed E-state index contributed by atoms with van der Waals surface area (Å²) in [6.07, 6.45) is 4.00. The first-order valence-corrected chi connectivity index (χ1v) is 6.25. The van der Waals surface area contributed by atoms with E-state index in [0.717, 1.165) is 5.56 Å². The number of carboxylic acids is 1. The number of aliphatic carboxylic acids is 1. The van der Waals surface area contributed by atoms with Crippen molar-refractivity contribution in [1.82, 2.24) is 15.0 Å². The van der Waals surface area contributed by atoms with Crippen LogP contribution in [0.15, 0.2) is 29.3 Å². The van der Waals surface area contributed by atoms with Crippen LogP contribution in [0.1, 0.15) is 29.1 Å². The third-order valence-electron chi connectivity index (χ3n) is 2.95. The number of nitrogens with one attached hydrogen (secondary N) is 1. The predicted molar refractivity (Wildman–Crippen MR) is 72.6 cm³/mol. The number of aromatic nitrogens is 3. The Morgan fingerprint density at radius 2 is 2.25 bits per heavy atom. The van der Waals surface area contributed by atoms with Crippen LogP contribution in [-0.2, 0) is 17.6 Å². The smallest absolute Gasteiger partial charge is 0.303 e. The molecule has 2 N–H and O–H groups in total. The Morgan fingerprint density at radius 1 is 1.45 bits per heavy atom. The molecule has 0 radical (unpaired) electrons. The first-order chi connectivity index (χ1) is 9.56. The lowest BCUT2D eigenvalue weighted by atomic mass is 10.1. The molecule has 6 heteroatoms. The molecular weight excluding hydrogens is 258 g/mol. The highest BCUT2D eigenvalue weighted by Gasteiger charge is 2.10. The van der Waals surface area contributed by atoms with Gasteiger partial charge >= 0.3 is 5.97 Å². The number of rotatable bonds is 5. The molecule has 0 aromatic carbocycles. The van der Waals surface area contributed by atoms with Gasteiger partial charge in [0.1, 0.15) is 5.82 Å². The maximum atomic E-state index is 12.0. The average molecular weight is 273 g/mol. The van der Waals surface area contributed by atoms with Gasteiger partial charge in [0.05, 0.1) is 0 Å². The van der Waals surface area contributed by atoms with Crippen LogP contribution in [0, 0.1) is 6.92 Å². The van der Waals surface area contributed by atoms with Crippen molar-refractivity contribution in [2.75, 3.05) is 0 Å². The Balaban J connectivity index is 2.22. The lowest BCUT2D eigenvalue weighted by Crippen LogP contribution is -2.20. The number of hydrogen-bond acceptors (Lipinski definition) is 4. The van der Waals surface area contributed by atoms with Gasteiger partial charge in [-0.15, -0.1) is 0 Å². The van der Waals surface area contributed by atoms with E-state index in [1.165, 1.54) is 0 Å². The van der Waals surface area contributed by atoms with E-state index in [1.54, 1.807) is 19.3 Å². The van der Waals surface area contributed by atoms with Gasteiger partial charge in [0.2, 0.25) is 0 Å². The second-order valence-corrected chi connectivity index (χ2v) is 4.51. The monoisotopic (exact) mass is 273 g/mol. The molecule has 0 aliphatic rings. The Hall–Kier alpha value is -2.50. The molecular formula is C14H15N3O3. The van der Waals surface area contributed by atoms with Gasteiger partial charge in [-0.05, 0) is 25.0 Å². The normalized spacial score (nSPS) is 10.4. The van der Waals surface area contributed by atoms with Gasteiger partial charge < -0.3 is 10.1 Å². The summed E-state index contributed by atoms with van der Waals surface area (Å²) in [7, 11) is 0. The molecule has 2 aromatic heterocycles. The van der Waals surface area contributed by atoms with Crippen LogP contribution in [0.2, 0.25) is 0 Å². The number of aromatic amines is 1. The zero-order chi connectivity index (χ0) is 14.5. The predicted octanol–water partition coefficient (Wildman–Crippen LogP) is 1.08. The fourth-order valence-electron chi connectivity index (χ4n) is 1.97. The fraction of sp³-hybridized carbons (Fsp3) is 0.286. The molecule has 6 nitrogen and oxygen atoms in total. The van der Waals surface area contributed by atoms with Crippen molar-refractivity contribution >= 4 is 5.97 Å². The summed E-state index contributed by atoms with van der Waals surface area (Å²) < 4.78 is 0. The van der Waals surface area contributed by atoms with Crippen LogP contribution in [-0.4, -0.2) is 26.0 Å². The molecule has 0 spiro atoms. The van der Waals surface area contributed by atoms with Crippen LogP contribution < -0.4 is 5.56 Å². The van der Waals surface area contributed by atoms with Crippen molar-refractivity contribution in [1.29, 1.82) is 0 Å². The van der Waals surface area contributed by atoms with Crippen LogP contribution in [0.3, 0.4) is 0 Å². The van der Waals surface area contributed by atoms with E-state index >= 15 is 0 Å². The highest BCUT2D eigenvalue weighted by atomic mass is 16.4. The summed E-state index contributed by atoms with van der Waals surface area (Å²) in [6.45, 7) is 1.72. The second-order valence-electron chi connectivity index (χ2n) is 4.51.